The summed E-state index contributed by atoms with van der Waals surface area (Å²) >= 11 is 0. The molecular weight excluding hydrogens is 436 g/mol. The highest BCUT2D eigenvalue weighted by atomic mass is 32.2. The Kier molecular flexibility index (Phi) is 5.17. The highest BCUT2D eigenvalue weighted by Gasteiger charge is 2.32. The first-order chi connectivity index (χ1) is 16.0. The summed E-state index contributed by atoms with van der Waals surface area (Å²) in [6.45, 7) is 0.340. The van der Waals surface area contributed by atoms with Crippen LogP contribution in [0, 0.1) is 11.3 Å². The zero-order valence-corrected chi connectivity index (χ0v) is 18.2. The van der Waals surface area contributed by atoms with Gasteiger partial charge in [0, 0.05) is 18.0 Å². The normalized spacial score (nSPS) is 13.6. The molecule has 0 spiro atoms. The van der Waals surface area contributed by atoms with Gasteiger partial charge in [0.05, 0.1) is 33.3 Å². The van der Waals surface area contributed by atoms with Gasteiger partial charge in [0.2, 0.25) is 9.84 Å². The summed E-state index contributed by atoms with van der Waals surface area (Å²) in [4.78, 5) is 4.29. The smallest absolute Gasteiger partial charge is 0.202 e. The van der Waals surface area contributed by atoms with Crippen molar-refractivity contribution in [3.63, 3.8) is 0 Å². The summed E-state index contributed by atoms with van der Waals surface area (Å²) in [5.41, 5.74) is 3.22. The second-order valence-electron chi connectivity index (χ2n) is 7.39. The Labute approximate surface area is 191 Å². The van der Waals surface area contributed by atoms with Gasteiger partial charge in [-0.25, -0.2) is 23.1 Å². The van der Waals surface area contributed by atoms with E-state index in [0.717, 1.165) is 5.56 Å². The van der Waals surface area contributed by atoms with Crippen molar-refractivity contribution in [3.8, 4) is 11.8 Å². The molecule has 1 aromatic heterocycles. The molecule has 4 aromatic rings. The molecule has 0 fully saturated rings. The lowest BCUT2D eigenvalue weighted by Crippen LogP contribution is -2.26. The molecule has 8 heteroatoms. The van der Waals surface area contributed by atoms with Gasteiger partial charge in [0.25, 0.3) is 0 Å². The molecule has 0 atom stereocenters. The molecule has 0 saturated carbocycles. The second kappa shape index (κ2) is 8.30. The lowest BCUT2D eigenvalue weighted by atomic mass is 10.1. The summed E-state index contributed by atoms with van der Waals surface area (Å²) in [7, 11) is -3.69. The Hall–Kier alpha value is -4.35. The Morgan fingerprint density at radius 2 is 1.82 bits per heavy atom. The first kappa shape index (κ1) is 20.5. The molecule has 162 valence electrons. The summed E-state index contributed by atoms with van der Waals surface area (Å²) in [6, 6.07) is 23.7. The lowest BCUT2D eigenvalue weighted by Gasteiger charge is -2.27. The molecule has 2 heterocycles. The van der Waals surface area contributed by atoms with Crippen LogP contribution in [0.3, 0.4) is 0 Å². The first-order valence-corrected chi connectivity index (χ1v) is 11.7. The van der Waals surface area contributed by atoms with Crippen LogP contribution in [-0.2, 0) is 16.4 Å². The molecular formula is C25H18N4O3S. The number of ether oxygens (including phenoxy) is 1. The van der Waals surface area contributed by atoms with Crippen LogP contribution in [0.1, 0.15) is 16.7 Å². The van der Waals surface area contributed by atoms with E-state index in [1.165, 1.54) is 5.41 Å². The number of imidazole rings is 1. The van der Waals surface area contributed by atoms with E-state index in [0.29, 0.717) is 34.9 Å². The minimum Gasteiger partial charge on any atom is -0.489 e. The summed E-state index contributed by atoms with van der Waals surface area (Å²) < 4.78 is 33.7. The van der Waals surface area contributed by atoms with Crippen molar-refractivity contribution in [3.05, 3.63) is 114 Å². The Balaban J connectivity index is 1.53. The predicted molar refractivity (Wildman–Crippen MR) is 124 cm³/mol. The molecule has 0 unspecified atom stereocenters. The van der Waals surface area contributed by atoms with Crippen molar-refractivity contribution in [2.75, 3.05) is 5.01 Å². The van der Waals surface area contributed by atoms with Crippen LogP contribution in [0.25, 0.3) is 5.70 Å². The molecule has 3 aromatic carbocycles. The molecule has 33 heavy (non-hydrogen) atoms. The molecule has 1 aliphatic heterocycles. The number of nitrogens with zero attached hydrogens (tertiary/aromatic N) is 4. The third-order valence-electron chi connectivity index (χ3n) is 5.24. The van der Waals surface area contributed by atoms with Crippen LogP contribution < -0.4 is 9.75 Å². The largest absolute Gasteiger partial charge is 0.489 e. The molecule has 0 N–H and O–H groups in total. The van der Waals surface area contributed by atoms with Crippen molar-refractivity contribution in [1.29, 1.82) is 5.26 Å². The standard InChI is InChI=1S/C25H18N4O3S/c26-15-19-6-8-21(9-7-19)29(28-13-12-27-18-28)24-17-33(30,31)25-14-22(10-11-23(24)25)32-16-20-4-2-1-3-5-20/h1-14,17-18H,16H2. The third-order valence-corrected chi connectivity index (χ3v) is 6.73. The van der Waals surface area contributed by atoms with E-state index in [1.807, 2.05) is 30.3 Å². The molecule has 0 aliphatic carbocycles. The first-order valence-electron chi connectivity index (χ1n) is 10.1. The van der Waals surface area contributed by atoms with Gasteiger partial charge in [-0.1, -0.05) is 30.3 Å². The zero-order chi connectivity index (χ0) is 22.8. The van der Waals surface area contributed by atoms with Crippen molar-refractivity contribution in [1.82, 2.24) is 9.66 Å². The second-order valence-corrected chi connectivity index (χ2v) is 9.16. The van der Waals surface area contributed by atoms with E-state index in [2.05, 4.69) is 11.1 Å². The minimum absolute atomic E-state index is 0.182. The molecule has 0 radical (unpaired) electrons. The van der Waals surface area contributed by atoms with Gasteiger partial charge in [-0.2, -0.15) is 5.26 Å². The molecule has 5 rings (SSSR count). The van der Waals surface area contributed by atoms with Crippen molar-refractivity contribution < 1.29 is 13.2 Å². The number of hydrogen-bond donors (Lipinski definition) is 0. The lowest BCUT2D eigenvalue weighted by molar-refractivity contribution is 0.305. The average Bonchev–Trinajstić information content (AvgIpc) is 3.46. The number of aromatic nitrogens is 2. The van der Waals surface area contributed by atoms with E-state index in [4.69, 9.17) is 10.00 Å². The Bertz CT molecular complexity index is 1470. The fourth-order valence-electron chi connectivity index (χ4n) is 3.66. The van der Waals surface area contributed by atoms with Gasteiger partial charge in [-0.15, -0.1) is 0 Å². The van der Waals surface area contributed by atoms with E-state index < -0.39 is 9.84 Å². The van der Waals surface area contributed by atoms with Gasteiger partial charge in [0.1, 0.15) is 18.7 Å². The highest BCUT2D eigenvalue weighted by Crippen LogP contribution is 2.39. The summed E-state index contributed by atoms with van der Waals surface area (Å²) in [5.74, 6) is 0.475. The van der Waals surface area contributed by atoms with Gasteiger partial charge in [-0.3, -0.25) is 0 Å². The SMILES string of the molecule is N#Cc1ccc(N(C2=CS(=O)(=O)c3cc(OCc4ccccc4)ccc32)n2ccnc2)cc1. The average molecular weight is 455 g/mol. The fraction of sp³-hybridized carbons (Fsp3) is 0.0400. The van der Waals surface area contributed by atoms with Crippen LogP contribution >= 0.6 is 0 Å². The fourth-order valence-corrected chi connectivity index (χ4v) is 5.07. The maximum Gasteiger partial charge on any atom is 0.202 e. The number of fused-ring (bicyclic) bond motifs is 1. The Morgan fingerprint density at radius 1 is 1.03 bits per heavy atom. The molecule has 1 aliphatic rings. The van der Waals surface area contributed by atoms with Gasteiger partial charge < -0.3 is 4.74 Å². The zero-order valence-electron chi connectivity index (χ0n) is 17.4. The van der Waals surface area contributed by atoms with Gasteiger partial charge in [0.15, 0.2) is 0 Å². The number of benzene rings is 3. The van der Waals surface area contributed by atoms with E-state index in [9.17, 15) is 8.42 Å². The van der Waals surface area contributed by atoms with Crippen LogP contribution in [0.4, 0.5) is 5.69 Å². The molecule has 0 saturated heterocycles. The number of nitriles is 1. The van der Waals surface area contributed by atoms with Crippen LogP contribution in [0.15, 0.2) is 102 Å². The summed E-state index contributed by atoms with van der Waals surface area (Å²) in [6.07, 6.45) is 4.92. The minimum atomic E-state index is -3.69. The van der Waals surface area contributed by atoms with Crippen molar-refractivity contribution in [2.45, 2.75) is 11.5 Å². The number of sulfone groups is 1. The number of anilines is 1. The maximum absolute atomic E-state index is 13.1. The highest BCUT2D eigenvalue weighted by molar-refractivity contribution is 7.95. The van der Waals surface area contributed by atoms with E-state index in [-0.39, 0.29) is 4.90 Å². The predicted octanol–water partition coefficient (Wildman–Crippen LogP) is 4.39. The van der Waals surface area contributed by atoms with E-state index >= 15 is 0 Å². The third kappa shape index (κ3) is 3.97. The van der Waals surface area contributed by atoms with Crippen molar-refractivity contribution >= 4 is 21.2 Å². The molecule has 0 amide bonds. The van der Waals surface area contributed by atoms with Gasteiger partial charge >= 0.3 is 0 Å². The topological polar surface area (TPSA) is 88.2 Å². The van der Waals surface area contributed by atoms with Crippen molar-refractivity contribution in [2.24, 2.45) is 0 Å². The maximum atomic E-state index is 13.1. The Morgan fingerprint density at radius 3 is 2.52 bits per heavy atom. The number of rotatable bonds is 6. The monoisotopic (exact) mass is 454 g/mol. The number of hydrogen-bond acceptors (Lipinski definition) is 6. The quantitative estimate of drug-likeness (QED) is 0.429. The summed E-state index contributed by atoms with van der Waals surface area (Å²) in [5, 5.41) is 12.1. The van der Waals surface area contributed by atoms with E-state index in [1.54, 1.807) is 70.9 Å². The molecule has 7 nitrogen and oxygen atoms in total. The van der Waals surface area contributed by atoms with Crippen LogP contribution in [0.5, 0.6) is 5.75 Å². The van der Waals surface area contributed by atoms with Crippen LogP contribution in [-0.4, -0.2) is 18.1 Å². The van der Waals surface area contributed by atoms with Gasteiger partial charge in [-0.05, 0) is 48.0 Å². The van der Waals surface area contributed by atoms with Crippen LogP contribution in [0.2, 0.25) is 0 Å². The molecule has 0 bridgehead atoms.